The van der Waals surface area contributed by atoms with Gasteiger partial charge >= 0.3 is 0 Å². The van der Waals surface area contributed by atoms with E-state index in [2.05, 4.69) is 50.4 Å². The van der Waals surface area contributed by atoms with Gasteiger partial charge in [-0.25, -0.2) is 0 Å². The largest absolute Gasteiger partial charge is 0.497 e. The van der Waals surface area contributed by atoms with Crippen LogP contribution in [0.3, 0.4) is 0 Å². The third kappa shape index (κ3) is 4.16. The summed E-state index contributed by atoms with van der Waals surface area (Å²) < 4.78 is 10.9. The lowest BCUT2D eigenvalue weighted by Gasteiger charge is -2.35. The minimum absolute atomic E-state index is 0.0570. The second kappa shape index (κ2) is 8.45. The number of ketones is 1. The van der Waals surface area contributed by atoms with E-state index in [1.807, 2.05) is 18.2 Å². The molecule has 5 heteroatoms. The SMILES string of the molecule is COc1ccc(OC)c([C@@H]2CC(=O)NC3=C2C(=O)C[C@@H](c2ccc(C(C)(C)C)cc2)C3)c1. The monoisotopic (exact) mass is 433 g/mol. The Morgan fingerprint density at radius 2 is 1.62 bits per heavy atom. The van der Waals surface area contributed by atoms with Gasteiger partial charge in [0.2, 0.25) is 5.91 Å². The average molecular weight is 434 g/mol. The van der Waals surface area contributed by atoms with Gasteiger partial charge in [-0.1, -0.05) is 45.0 Å². The van der Waals surface area contributed by atoms with Crippen LogP contribution in [-0.4, -0.2) is 25.9 Å². The molecule has 1 heterocycles. The van der Waals surface area contributed by atoms with Crippen LogP contribution in [0, 0.1) is 0 Å². The zero-order valence-corrected chi connectivity index (χ0v) is 19.5. The lowest BCUT2D eigenvalue weighted by atomic mass is 9.73. The summed E-state index contributed by atoms with van der Waals surface area (Å²) in [6, 6.07) is 14.1. The van der Waals surface area contributed by atoms with Gasteiger partial charge in [0.25, 0.3) is 0 Å². The number of methoxy groups -OCH3 is 2. The summed E-state index contributed by atoms with van der Waals surface area (Å²) in [5, 5.41) is 3.00. The number of allylic oxidation sites excluding steroid dienone is 2. The number of amides is 1. The molecule has 1 aliphatic heterocycles. The highest BCUT2D eigenvalue weighted by Crippen LogP contribution is 2.45. The molecule has 5 nitrogen and oxygen atoms in total. The summed E-state index contributed by atoms with van der Waals surface area (Å²) in [4.78, 5) is 26.0. The van der Waals surface area contributed by atoms with Gasteiger partial charge in [0.05, 0.1) is 14.2 Å². The molecule has 0 bridgehead atoms. The van der Waals surface area contributed by atoms with Gasteiger partial charge in [-0.15, -0.1) is 0 Å². The first-order valence-electron chi connectivity index (χ1n) is 11.1. The molecule has 0 spiro atoms. The summed E-state index contributed by atoms with van der Waals surface area (Å²) in [5.41, 5.74) is 4.75. The smallest absolute Gasteiger partial charge is 0.225 e. The number of benzene rings is 2. The molecule has 0 saturated carbocycles. The van der Waals surface area contributed by atoms with Crippen molar-refractivity contribution < 1.29 is 19.1 Å². The molecule has 1 aliphatic carbocycles. The molecule has 0 unspecified atom stereocenters. The Kier molecular flexibility index (Phi) is 5.85. The molecule has 1 amide bonds. The summed E-state index contributed by atoms with van der Waals surface area (Å²) in [7, 11) is 3.20. The van der Waals surface area contributed by atoms with Crippen LogP contribution in [0.1, 0.15) is 68.6 Å². The summed E-state index contributed by atoms with van der Waals surface area (Å²) in [6.45, 7) is 6.56. The van der Waals surface area contributed by atoms with E-state index in [-0.39, 0.29) is 35.4 Å². The van der Waals surface area contributed by atoms with Crippen LogP contribution in [0.15, 0.2) is 53.7 Å². The Morgan fingerprint density at radius 1 is 0.906 bits per heavy atom. The van der Waals surface area contributed by atoms with E-state index in [1.54, 1.807) is 14.2 Å². The van der Waals surface area contributed by atoms with Crippen molar-refractivity contribution in [3.63, 3.8) is 0 Å². The second-order valence-corrected chi connectivity index (χ2v) is 9.71. The highest BCUT2D eigenvalue weighted by molar-refractivity contribution is 6.02. The topological polar surface area (TPSA) is 64.6 Å². The van der Waals surface area contributed by atoms with E-state index in [0.29, 0.717) is 29.9 Å². The first kappa shape index (κ1) is 22.1. The molecule has 0 aromatic heterocycles. The molecule has 168 valence electrons. The molecular weight excluding hydrogens is 402 g/mol. The fraction of sp³-hybridized carbons (Fsp3) is 0.407. The maximum atomic E-state index is 13.4. The molecule has 2 atom stereocenters. The van der Waals surface area contributed by atoms with Crippen LogP contribution < -0.4 is 14.8 Å². The number of Topliss-reactive ketones (excluding diaryl/α,β-unsaturated/α-hetero) is 1. The third-order valence-corrected chi connectivity index (χ3v) is 6.60. The predicted octanol–water partition coefficient (Wildman–Crippen LogP) is 5.01. The van der Waals surface area contributed by atoms with Crippen LogP contribution in [0.4, 0.5) is 0 Å². The van der Waals surface area contributed by atoms with E-state index in [0.717, 1.165) is 16.8 Å². The first-order chi connectivity index (χ1) is 15.2. The molecule has 0 fully saturated rings. The van der Waals surface area contributed by atoms with Crippen LogP contribution in [0.25, 0.3) is 0 Å². The predicted molar refractivity (Wildman–Crippen MR) is 124 cm³/mol. The quantitative estimate of drug-likeness (QED) is 0.737. The zero-order valence-electron chi connectivity index (χ0n) is 19.5. The van der Waals surface area contributed by atoms with E-state index in [4.69, 9.17) is 9.47 Å². The number of carbonyl (C=O) groups is 2. The van der Waals surface area contributed by atoms with Gasteiger partial charge in [0.15, 0.2) is 5.78 Å². The Bertz CT molecular complexity index is 1080. The standard InChI is InChI=1S/C27H31NO4/c1-27(2,3)18-8-6-16(7-9-18)17-12-22-26(23(29)13-17)21(15-25(30)28-22)20-14-19(31-4)10-11-24(20)32-5/h6-11,14,17,21H,12-13,15H2,1-5H3,(H,28,30)/t17-,21-/m0/s1. The van der Waals surface area contributed by atoms with E-state index in [1.165, 1.54) is 5.56 Å². The van der Waals surface area contributed by atoms with Gasteiger partial charge in [-0.05, 0) is 47.1 Å². The molecule has 32 heavy (non-hydrogen) atoms. The van der Waals surface area contributed by atoms with E-state index in [9.17, 15) is 9.59 Å². The number of hydrogen-bond acceptors (Lipinski definition) is 4. The number of ether oxygens (including phenoxy) is 2. The number of nitrogens with one attached hydrogen (secondary N) is 1. The normalized spacial score (nSPS) is 21.2. The van der Waals surface area contributed by atoms with Gasteiger partial charge < -0.3 is 14.8 Å². The lowest BCUT2D eigenvalue weighted by molar-refractivity contribution is -0.122. The lowest BCUT2D eigenvalue weighted by Crippen LogP contribution is -2.38. The van der Waals surface area contributed by atoms with Crippen molar-refractivity contribution in [2.45, 2.75) is 57.3 Å². The van der Waals surface area contributed by atoms with Gasteiger partial charge in [0, 0.05) is 35.6 Å². The van der Waals surface area contributed by atoms with Crippen LogP contribution in [0.2, 0.25) is 0 Å². The number of hydrogen-bond donors (Lipinski definition) is 1. The molecule has 0 radical (unpaired) electrons. The number of carbonyl (C=O) groups excluding carboxylic acids is 2. The first-order valence-corrected chi connectivity index (χ1v) is 11.1. The van der Waals surface area contributed by atoms with Crippen molar-refractivity contribution in [3.8, 4) is 11.5 Å². The molecule has 2 aromatic rings. The molecule has 0 saturated heterocycles. The molecule has 4 rings (SSSR count). The Morgan fingerprint density at radius 3 is 2.25 bits per heavy atom. The van der Waals surface area contributed by atoms with E-state index >= 15 is 0 Å². The van der Waals surface area contributed by atoms with Gasteiger partial charge in [-0.3, -0.25) is 9.59 Å². The third-order valence-electron chi connectivity index (χ3n) is 6.60. The van der Waals surface area contributed by atoms with Crippen molar-refractivity contribution in [2.24, 2.45) is 0 Å². The Labute approximate surface area is 189 Å². The van der Waals surface area contributed by atoms with Crippen molar-refractivity contribution in [1.82, 2.24) is 5.32 Å². The van der Waals surface area contributed by atoms with Crippen LogP contribution >= 0.6 is 0 Å². The average Bonchev–Trinajstić information content (AvgIpc) is 2.77. The number of rotatable bonds is 4. The fourth-order valence-corrected chi connectivity index (χ4v) is 4.83. The van der Waals surface area contributed by atoms with Crippen molar-refractivity contribution >= 4 is 11.7 Å². The van der Waals surface area contributed by atoms with Crippen LogP contribution in [0.5, 0.6) is 11.5 Å². The highest BCUT2D eigenvalue weighted by Gasteiger charge is 2.39. The van der Waals surface area contributed by atoms with Crippen molar-refractivity contribution in [1.29, 1.82) is 0 Å². The summed E-state index contributed by atoms with van der Waals surface area (Å²) in [6.07, 6.45) is 1.30. The molecule has 2 aromatic carbocycles. The van der Waals surface area contributed by atoms with Gasteiger partial charge in [-0.2, -0.15) is 0 Å². The Hall–Kier alpha value is -3.08. The Balaban J connectivity index is 1.70. The molecular formula is C27H31NO4. The molecule has 1 N–H and O–H groups in total. The minimum Gasteiger partial charge on any atom is -0.497 e. The maximum absolute atomic E-state index is 13.4. The van der Waals surface area contributed by atoms with Crippen molar-refractivity contribution in [2.75, 3.05) is 14.2 Å². The fourth-order valence-electron chi connectivity index (χ4n) is 4.83. The summed E-state index contributed by atoms with van der Waals surface area (Å²) >= 11 is 0. The minimum atomic E-state index is -0.333. The maximum Gasteiger partial charge on any atom is 0.225 e. The van der Waals surface area contributed by atoms with Crippen LogP contribution in [-0.2, 0) is 15.0 Å². The second-order valence-electron chi connectivity index (χ2n) is 9.71. The zero-order chi connectivity index (χ0) is 23.0. The highest BCUT2D eigenvalue weighted by atomic mass is 16.5. The van der Waals surface area contributed by atoms with E-state index < -0.39 is 0 Å². The van der Waals surface area contributed by atoms with Gasteiger partial charge in [0.1, 0.15) is 11.5 Å². The summed E-state index contributed by atoms with van der Waals surface area (Å²) in [5.74, 6) is 1.07. The molecule has 2 aliphatic rings. The van der Waals surface area contributed by atoms with Crippen molar-refractivity contribution in [3.05, 3.63) is 70.4 Å².